The molecule has 96 heavy (non-hydrogen) atoms. The van der Waals surface area contributed by atoms with Gasteiger partial charge >= 0.3 is 79.9 Å². The number of β-amino-alcohol motifs (C(OH)–C–C–N with tert-alkyl or cyclic N) is 2. The molecule has 2 fully saturated rings. The SMILES string of the molecule is O=C([O-])CN1CCN(CC(=O)[O-])CCN(CC(O)CN(CCN(CC(O)CN2CCN(CC(=O)[O-])CCN(CC(=O)[O-])CCN(CC(=O)[O-])CC2)C(COCCOCCO)COCCOCCO)C(COCCOCCO)COCCOCCO)CCN(CC(=O)[O-])CC1.[Gd+3].[Gd+3]. The number of carboxylic acids is 6. The summed E-state index contributed by atoms with van der Waals surface area (Å²) in [5.74, 6) is -8.23. The van der Waals surface area contributed by atoms with Crippen LogP contribution in [0.15, 0.2) is 0 Å². The van der Waals surface area contributed by atoms with Gasteiger partial charge in [-0.25, -0.2) is 0 Å². The number of carboxylic acid groups (broad SMARTS) is 6. The largest absolute Gasteiger partial charge is 3.00 e. The molecule has 2 aliphatic heterocycles. The average Bonchev–Trinajstić information content (AvgIpc) is 0.983. The first-order valence-electron chi connectivity index (χ1n) is 32.1. The predicted octanol–water partition coefficient (Wildman–Crippen LogP) is -15.9. The zero-order chi connectivity index (χ0) is 69.1. The molecule has 0 aliphatic carbocycles. The van der Waals surface area contributed by atoms with Crippen LogP contribution in [0.2, 0.25) is 0 Å². The summed E-state index contributed by atoms with van der Waals surface area (Å²) in [5, 5.41) is 133. The number of nitrogens with zero attached hydrogens (tertiary/aromatic N) is 10. The van der Waals surface area contributed by atoms with E-state index in [2.05, 4.69) is 0 Å². The van der Waals surface area contributed by atoms with Crippen molar-refractivity contribution in [1.29, 1.82) is 0 Å². The molecule has 2 aliphatic rings. The zero-order valence-electron chi connectivity index (χ0n) is 55.3. The summed E-state index contributed by atoms with van der Waals surface area (Å²) in [4.78, 5) is 88.2. The Morgan fingerprint density at radius 1 is 0.302 bits per heavy atom. The van der Waals surface area contributed by atoms with Gasteiger partial charge < -0.3 is 128 Å². The van der Waals surface area contributed by atoms with E-state index in [1.807, 2.05) is 19.6 Å². The standard InChI is InChI=1S/C58H112N10O26.2Gd/c69-19-23-87-27-31-91-45-49(46-92-32-28-88-24-20-70)67(37-51(73)35-59-1-5-61(39-53(75)76)9-13-65(43-57(83)84)14-10-62(6-2-59)40-54(77)78)17-18-68(50(47-93-33-29-89-25-21-71)48-94-34-30-90-26-22-72)38-52(74)36-60-3-7-63(41-55(79)80)11-15-66(44-58(85)86)16-12-64(8-4-60)42-56(81)82;;/h49-52,69-74H,1-48H2,(H,75,76)(H,77,78)(H,79,80)(H,81,82)(H,83,84)(H,85,86);;/q;2*+3/p-6. The van der Waals surface area contributed by atoms with Crippen LogP contribution in [-0.4, -0.2) is 455 Å². The normalized spacial score (nSPS) is 17.3. The Kier molecular flexibility index (Phi) is 60.1. The Morgan fingerprint density at radius 3 is 0.656 bits per heavy atom. The molecule has 2 radical (unpaired) electrons. The van der Waals surface area contributed by atoms with Crippen LogP contribution in [0.4, 0.5) is 0 Å². The smallest absolute Gasteiger partial charge is 0.549 e. The van der Waals surface area contributed by atoms with Crippen molar-refractivity contribution in [1.82, 2.24) is 49.0 Å². The molecule has 6 N–H and O–H groups in total. The van der Waals surface area contributed by atoms with E-state index < -0.39 is 99.4 Å². The van der Waals surface area contributed by atoms with Gasteiger partial charge in [-0.2, -0.15) is 0 Å². The van der Waals surface area contributed by atoms with Crippen LogP contribution in [0.25, 0.3) is 0 Å². The first-order chi connectivity index (χ1) is 45.2. The molecule has 2 saturated heterocycles. The molecule has 0 spiro atoms. The van der Waals surface area contributed by atoms with Gasteiger partial charge in [0.15, 0.2) is 0 Å². The summed E-state index contributed by atoms with van der Waals surface area (Å²) < 4.78 is 46.5. The second kappa shape index (κ2) is 61.0. The van der Waals surface area contributed by atoms with Gasteiger partial charge in [0.05, 0.1) is 192 Å². The molecule has 2 unspecified atom stereocenters. The Labute approximate surface area is 627 Å². The monoisotopic (exact) mass is 1670 g/mol. The van der Waals surface area contributed by atoms with E-state index in [1.54, 1.807) is 19.6 Å². The Hall–Kier alpha value is -1.49. The van der Waals surface area contributed by atoms with Crippen LogP contribution in [0.3, 0.4) is 0 Å². The second-order valence-electron chi connectivity index (χ2n) is 22.7. The fourth-order valence-electron chi connectivity index (χ4n) is 10.5. The van der Waals surface area contributed by atoms with E-state index in [9.17, 15) is 90.0 Å². The van der Waals surface area contributed by atoms with Gasteiger partial charge in [0.2, 0.25) is 0 Å². The summed E-state index contributed by atoms with van der Waals surface area (Å²) >= 11 is 0. The molecule has 0 bridgehead atoms. The number of aliphatic hydroxyl groups excluding tert-OH is 6. The van der Waals surface area contributed by atoms with Gasteiger partial charge in [-0.15, -0.1) is 0 Å². The molecule has 0 aromatic rings. The van der Waals surface area contributed by atoms with Crippen molar-refractivity contribution in [3.63, 3.8) is 0 Å². The van der Waals surface area contributed by atoms with Gasteiger partial charge in [0.1, 0.15) is 0 Å². The first-order valence-corrected chi connectivity index (χ1v) is 32.1. The van der Waals surface area contributed by atoms with Crippen molar-refractivity contribution in [2.45, 2.75) is 24.3 Å². The number of aliphatic hydroxyl groups is 6. The predicted molar refractivity (Wildman–Crippen MR) is 319 cm³/mol. The zero-order valence-corrected chi connectivity index (χ0v) is 59.8. The topological polar surface area (TPSA) is 468 Å². The maximum Gasteiger partial charge on any atom is 3.00 e. The molecule has 0 aromatic heterocycles. The molecular formula is C58H106Gd2N10O26. The second-order valence-corrected chi connectivity index (χ2v) is 22.7. The van der Waals surface area contributed by atoms with E-state index in [-0.39, 0.29) is 356 Å². The fourth-order valence-corrected chi connectivity index (χ4v) is 10.5. The Morgan fingerprint density at radius 2 is 0.479 bits per heavy atom. The maximum atomic E-state index is 12.4. The number of rotatable bonds is 53. The molecular weight excluding hydrogens is 1570 g/mol. The van der Waals surface area contributed by atoms with Crippen LogP contribution >= 0.6 is 0 Å². The van der Waals surface area contributed by atoms with E-state index in [0.717, 1.165) is 0 Å². The summed E-state index contributed by atoms with van der Waals surface area (Å²) in [6, 6.07) is -1.29. The van der Waals surface area contributed by atoms with Crippen LogP contribution in [0.5, 0.6) is 0 Å². The van der Waals surface area contributed by atoms with Gasteiger partial charge in [0.25, 0.3) is 0 Å². The van der Waals surface area contributed by atoms with Crippen LogP contribution in [0, 0.1) is 79.9 Å². The minimum absolute atomic E-state index is 0. The molecule has 38 heteroatoms. The summed E-state index contributed by atoms with van der Waals surface area (Å²) in [6.45, 7) is -0.903. The van der Waals surface area contributed by atoms with Crippen molar-refractivity contribution in [2.24, 2.45) is 0 Å². The summed E-state index contributed by atoms with van der Waals surface area (Å²) in [6.07, 6.45) is -2.39. The van der Waals surface area contributed by atoms with Crippen LogP contribution in [-0.2, 0) is 66.7 Å². The van der Waals surface area contributed by atoms with E-state index >= 15 is 0 Å². The van der Waals surface area contributed by atoms with Crippen molar-refractivity contribution >= 4 is 35.8 Å². The third-order valence-electron chi connectivity index (χ3n) is 15.2. The minimum Gasteiger partial charge on any atom is -0.549 e. The van der Waals surface area contributed by atoms with E-state index in [1.165, 1.54) is 9.80 Å². The molecule has 0 aromatic carbocycles. The Bertz CT molecular complexity index is 1770. The number of ether oxygens (including phenoxy) is 8. The summed E-state index contributed by atoms with van der Waals surface area (Å²) in [7, 11) is 0. The number of hydrogen-bond donors (Lipinski definition) is 6. The number of carbonyl (C=O) groups excluding carboxylic acids is 6. The molecule has 2 atom stereocenters. The molecule has 36 nitrogen and oxygen atoms in total. The van der Waals surface area contributed by atoms with Crippen molar-refractivity contribution in [3.05, 3.63) is 0 Å². The Balaban J connectivity index is 0.0000451. The van der Waals surface area contributed by atoms with E-state index in [0.29, 0.717) is 0 Å². The minimum atomic E-state index is -1.37. The third kappa shape index (κ3) is 50.8. The third-order valence-corrected chi connectivity index (χ3v) is 15.2. The molecule has 560 valence electrons. The van der Waals surface area contributed by atoms with Crippen molar-refractivity contribution in [2.75, 3.05) is 315 Å². The molecule has 0 amide bonds. The number of hydrogen-bond acceptors (Lipinski definition) is 36. The average molecular weight is 1670 g/mol. The molecule has 0 saturated carbocycles. The van der Waals surface area contributed by atoms with Gasteiger partial charge in [-0.1, -0.05) is 0 Å². The van der Waals surface area contributed by atoms with Gasteiger partial charge in [-0.05, 0) is 0 Å². The number of aliphatic carboxylic acids is 6. The van der Waals surface area contributed by atoms with Crippen molar-refractivity contribution in [3.8, 4) is 0 Å². The summed E-state index contributed by atoms with van der Waals surface area (Å²) in [5.41, 5.74) is 0. The first kappa shape index (κ1) is 94.5. The molecule has 2 heterocycles. The maximum absolute atomic E-state index is 12.4. The van der Waals surface area contributed by atoms with Crippen LogP contribution < -0.4 is 30.6 Å². The van der Waals surface area contributed by atoms with Crippen molar-refractivity contribution < 1.29 is 208 Å². The quantitative estimate of drug-likeness (QED) is 0.0308. The molecule has 2 rings (SSSR count). The number of carbonyl (C=O) groups is 6. The van der Waals surface area contributed by atoms with Gasteiger partial charge in [0, 0.05) is 183 Å². The van der Waals surface area contributed by atoms with Crippen LogP contribution in [0.1, 0.15) is 0 Å². The van der Waals surface area contributed by atoms with Gasteiger partial charge in [-0.3, -0.25) is 49.0 Å². The van der Waals surface area contributed by atoms with E-state index in [4.69, 9.17) is 37.9 Å². The fraction of sp³-hybridized carbons (Fsp3) is 0.897.